The molecule has 0 heterocycles. The quantitative estimate of drug-likeness (QED) is 0.782. The molecule has 0 aliphatic carbocycles. The first-order valence-electron chi connectivity index (χ1n) is 6.95. The van der Waals surface area contributed by atoms with Gasteiger partial charge in [0.05, 0.1) is 18.6 Å². The number of esters is 1. The molecule has 0 radical (unpaired) electrons. The molecule has 1 N–H and O–H groups in total. The van der Waals surface area contributed by atoms with Gasteiger partial charge in [-0.1, -0.05) is 31.9 Å². The first kappa shape index (κ1) is 16.6. The van der Waals surface area contributed by atoms with Gasteiger partial charge in [-0.15, -0.1) is 0 Å². The van der Waals surface area contributed by atoms with Crippen molar-refractivity contribution in [3.05, 3.63) is 35.6 Å². The second-order valence-corrected chi connectivity index (χ2v) is 5.38. The van der Waals surface area contributed by atoms with Gasteiger partial charge in [-0.05, 0) is 31.0 Å². The number of carbonyl (C=O) groups is 1. The van der Waals surface area contributed by atoms with Crippen LogP contribution in [0.5, 0.6) is 0 Å². The number of hydrogen-bond acceptors (Lipinski definition) is 3. The zero-order chi connectivity index (χ0) is 15.2. The highest BCUT2D eigenvalue weighted by Crippen LogP contribution is 2.28. The normalized spacial score (nSPS) is 15.4. The number of ether oxygens (including phenoxy) is 1. The van der Waals surface area contributed by atoms with Crippen molar-refractivity contribution < 1.29 is 19.0 Å². The minimum Gasteiger partial charge on any atom is -0.469 e. The standard InChI is InChI=1S/C16H23FO3/c1-4-5-6-14(15(18)20-3)16(2,19)11-12-7-9-13(17)10-8-12/h7-10,14,19H,4-6,11H2,1-3H3. The summed E-state index contributed by atoms with van der Waals surface area (Å²) in [4.78, 5) is 11.9. The van der Waals surface area contributed by atoms with Crippen LogP contribution in [0.15, 0.2) is 24.3 Å². The summed E-state index contributed by atoms with van der Waals surface area (Å²) >= 11 is 0. The molecule has 112 valence electrons. The van der Waals surface area contributed by atoms with Crippen LogP contribution in [0.25, 0.3) is 0 Å². The van der Waals surface area contributed by atoms with Gasteiger partial charge in [0, 0.05) is 6.42 Å². The zero-order valence-electron chi connectivity index (χ0n) is 12.4. The largest absolute Gasteiger partial charge is 0.469 e. The van der Waals surface area contributed by atoms with Crippen molar-refractivity contribution in [2.45, 2.75) is 45.1 Å². The Bertz CT molecular complexity index is 426. The Labute approximate surface area is 119 Å². The van der Waals surface area contributed by atoms with Crippen LogP contribution in [0.2, 0.25) is 0 Å². The lowest BCUT2D eigenvalue weighted by Gasteiger charge is -2.31. The number of carbonyl (C=O) groups excluding carboxylic acids is 1. The maximum Gasteiger partial charge on any atom is 0.311 e. The monoisotopic (exact) mass is 282 g/mol. The fourth-order valence-electron chi connectivity index (χ4n) is 2.37. The highest BCUT2D eigenvalue weighted by molar-refractivity contribution is 5.73. The van der Waals surface area contributed by atoms with E-state index in [0.717, 1.165) is 18.4 Å². The molecule has 4 heteroatoms. The minimum absolute atomic E-state index is 0.288. The summed E-state index contributed by atoms with van der Waals surface area (Å²) in [6, 6.07) is 5.95. The van der Waals surface area contributed by atoms with E-state index in [9.17, 15) is 14.3 Å². The molecule has 0 aromatic heterocycles. The molecule has 1 rings (SSSR count). The van der Waals surface area contributed by atoms with Crippen molar-refractivity contribution >= 4 is 5.97 Å². The van der Waals surface area contributed by atoms with E-state index < -0.39 is 17.5 Å². The third kappa shape index (κ3) is 4.60. The number of rotatable bonds is 7. The van der Waals surface area contributed by atoms with E-state index in [0.29, 0.717) is 6.42 Å². The predicted molar refractivity (Wildman–Crippen MR) is 75.8 cm³/mol. The summed E-state index contributed by atoms with van der Waals surface area (Å²) < 4.78 is 17.7. The van der Waals surface area contributed by atoms with Crippen LogP contribution in [0.4, 0.5) is 4.39 Å². The highest BCUT2D eigenvalue weighted by atomic mass is 19.1. The second-order valence-electron chi connectivity index (χ2n) is 5.38. The van der Waals surface area contributed by atoms with E-state index >= 15 is 0 Å². The van der Waals surface area contributed by atoms with E-state index in [2.05, 4.69) is 0 Å². The van der Waals surface area contributed by atoms with Gasteiger partial charge in [-0.2, -0.15) is 0 Å². The van der Waals surface area contributed by atoms with Gasteiger partial charge in [-0.25, -0.2) is 4.39 Å². The molecule has 2 unspecified atom stereocenters. The molecular weight excluding hydrogens is 259 g/mol. The van der Waals surface area contributed by atoms with Gasteiger partial charge in [0.2, 0.25) is 0 Å². The Kier molecular flexibility index (Phi) is 6.14. The molecule has 1 aromatic carbocycles. The van der Waals surface area contributed by atoms with Crippen LogP contribution in [-0.2, 0) is 16.0 Å². The molecule has 3 nitrogen and oxygen atoms in total. The number of methoxy groups -OCH3 is 1. The Hall–Kier alpha value is -1.42. The molecule has 0 aliphatic rings. The van der Waals surface area contributed by atoms with Crippen LogP contribution in [-0.4, -0.2) is 23.8 Å². The first-order chi connectivity index (χ1) is 9.40. The number of hydrogen-bond donors (Lipinski definition) is 1. The molecule has 1 aromatic rings. The van der Waals surface area contributed by atoms with Crippen LogP contribution < -0.4 is 0 Å². The Morgan fingerprint density at radius 1 is 1.40 bits per heavy atom. The fourth-order valence-corrected chi connectivity index (χ4v) is 2.37. The van der Waals surface area contributed by atoms with Crippen molar-refractivity contribution in [3.63, 3.8) is 0 Å². The van der Waals surface area contributed by atoms with E-state index in [4.69, 9.17) is 4.74 Å². The fraction of sp³-hybridized carbons (Fsp3) is 0.562. The minimum atomic E-state index is -1.21. The first-order valence-corrected chi connectivity index (χ1v) is 6.95. The summed E-state index contributed by atoms with van der Waals surface area (Å²) in [6.45, 7) is 3.66. The van der Waals surface area contributed by atoms with Gasteiger partial charge in [-0.3, -0.25) is 4.79 Å². The molecule has 0 saturated carbocycles. The Balaban J connectivity index is 2.85. The van der Waals surface area contributed by atoms with Crippen LogP contribution in [0.1, 0.15) is 38.7 Å². The average molecular weight is 282 g/mol. The SMILES string of the molecule is CCCCC(C(=O)OC)C(C)(O)Cc1ccc(F)cc1. The maximum absolute atomic E-state index is 12.9. The highest BCUT2D eigenvalue weighted by Gasteiger charge is 2.37. The maximum atomic E-state index is 12.9. The number of benzene rings is 1. The lowest BCUT2D eigenvalue weighted by Crippen LogP contribution is -2.42. The smallest absolute Gasteiger partial charge is 0.311 e. The molecule has 20 heavy (non-hydrogen) atoms. The van der Waals surface area contributed by atoms with Gasteiger partial charge in [0.1, 0.15) is 5.82 Å². The third-order valence-electron chi connectivity index (χ3n) is 3.56. The van der Waals surface area contributed by atoms with Crippen molar-refractivity contribution in [2.24, 2.45) is 5.92 Å². The molecule has 0 aliphatic heterocycles. The van der Waals surface area contributed by atoms with E-state index in [1.807, 2.05) is 6.92 Å². The van der Waals surface area contributed by atoms with Crippen LogP contribution in [0.3, 0.4) is 0 Å². The summed E-state index contributed by atoms with van der Waals surface area (Å²) in [5, 5.41) is 10.6. The van der Waals surface area contributed by atoms with Crippen molar-refractivity contribution in [1.29, 1.82) is 0 Å². The second kappa shape index (κ2) is 7.39. The third-order valence-corrected chi connectivity index (χ3v) is 3.56. The van der Waals surface area contributed by atoms with Crippen LogP contribution >= 0.6 is 0 Å². The molecule has 0 bridgehead atoms. The van der Waals surface area contributed by atoms with E-state index in [-0.39, 0.29) is 12.2 Å². The number of unbranched alkanes of at least 4 members (excludes halogenated alkanes) is 1. The van der Waals surface area contributed by atoms with E-state index in [1.165, 1.54) is 19.2 Å². The summed E-state index contributed by atoms with van der Waals surface area (Å²) in [7, 11) is 1.33. The molecule has 0 amide bonds. The molecule has 0 fully saturated rings. The summed E-state index contributed by atoms with van der Waals surface area (Å²) in [5.74, 6) is -1.29. The van der Waals surface area contributed by atoms with Gasteiger partial charge >= 0.3 is 5.97 Å². The van der Waals surface area contributed by atoms with Gasteiger partial charge < -0.3 is 9.84 Å². The van der Waals surface area contributed by atoms with Crippen LogP contribution in [0, 0.1) is 11.7 Å². The van der Waals surface area contributed by atoms with Crippen molar-refractivity contribution in [2.75, 3.05) is 7.11 Å². The molecular formula is C16H23FO3. The molecule has 0 spiro atoms. The predicted octanol–water partition coefficient (Wildman–Crippen LogP) is 3.10. The van der Waals surface area contributed by atoms with E-state index in [1.54, 1.807) is 19.1 Å². The lowest BCUT2D eigenvalue weighted by atomic mass is 9.81. The van der Waals surface area contributed by atoms with Crippen molar-refractivity contribution in [1.82, 2.24) is 0 Å². The Morgan fingerprint density at radius 3 is 2.50 bits per heavy atom. The topological polar surface area (TPSA) is 46.5 Å². The van der Waals surface area contributed by atoms with Crippen molar-refractivity contribution in [3.8, 4) is 0 Å². The zero-order valence-corrected chi connectivity index (χ0v) is 12.4. The number of halogens is 1. The molecule has 2 atom stereocenters. The summed E-state index contributed by atoms with van der Waals surface area (Å²) in [5.41, 5.74) is -0.415. The van der Waals surface area contributed by atoms with Gasteiger partial charge in [0.25, 0.3) is 0 Å². The summed E-state index contributed by atoms with van der Waals surface area (Å²) in [6.07, 6.45) is 2.66. The lowest BCUT2D eigenvalue weighted by molar-refractivity contribution is -0.155. The van der Waals surface area contributed by atoms with Gasteiger partial charge in [0.15, 0.2) is 0 Å². The Morgan fingerprint density at radius 2 is 2.00 bits per heavy atom. The average Bonchev–Trinajstić information content (AvgIpc) is 2.41. The molecule has 0 saturated heterocycles. The number of aliphatic hydroxyl groups is 1.